The minimum atomic E-state index is -3.47. The van der Waals surface area contributed by atoms with Gasteiger partial charge in [-0.3, -0.25) is 4.79 Å². The van der Waals surface area contributed by atoms with Crippen molar-refractivity contribution in [3.05, 3.63) is 66.0 Å². The van der Waals surface area contributed by atoms with Crippen LogP contribution in [0.2, 0.25) is 0 Å². The van der Waals surface area contributed by atoms with Crippen LogP contribution < -0.4 is 4.74 Å². The number of rotatable bonds is 8. The summed E-state index contributed by atoms with van der Waals surface area (Å²) in [5.74, 6) is 0.173. The summed E-state index contributed by atoms with van der Waals surface area (Å²) in [6.07, 6.45) is 1.30. The third kappa shape index (κ3) is 6.34. The van der Waals surface area contributed by atoms with Crippen LogP contribution >= 0.6 is 0 Å². The molecule has 0 N–H and O–H groups in total. The van der Waals surface area contributed by atoms with E-state index in [9.17, 15) is 17.6 Å². The molecule has 2 fully saturated rings. The van der Waals surface area contributed by atoms with E-state index in [1.54, 1.807) is 12.1 Å². The zero-order valence-electron chi connectivity index (χ0n) is 19.2. The number of benzene rings is 2. The first kappa shape index (κ1) is 24.6. The second kappa shape index (κ2) is 10.8. The smallest absolute Gasteiger partial charge is 0.223 e. The van der Waals surface area contributed by atoms with E-state index in [-0.39, 0.29) is 30.5 Å². The van der Waals surface area contributed by atoms with Crippen molar-refractivity contribution in [2.45, 2.75) is 25.0 Å². The number of morpholine rings is 1. The highest BCUT2D eigenvalue weighted by Gasteiger charge is 2.41. The van der Waals surface area contributed by atoms with E-state index in [1.165, 1.54) is 16.4 Å². The monoisotopic (exact) mass is 490 g/mol. The van der Waals surface area contributed by atoms with Gasteiger partial charge in [0.2, 0.25) is 15.9 Å². The lowest BCUT2D eigenvalue weighted by atomic mass is 9.76. The molecule has 2 aliphatic heterocycles. The van der Waals surface area contributed by atoms with E-state index < -0.39 is 15.4 Å². The summed E-state index contributed by atoms with van der Waals surface area (Å²) >= 11 is 0. The molecular formula is C25H31FN2O5S. The lowest BCUT2D eigenvalue weighted by Crippen LogP contribution is -2.49. The molecule has 0 atom stereocenters. The Balaban J connectivity index is 1.44. The molecular weight excluding hydrogens is 459 g/mol. The van der Waals surface area contributed by atoms with Gasteiger partial charge in [0.15, 0.2) is 0 Å². The summed E-state index contributed by atoms with van der Waals surface area (Å²) in [6, 6.07) is 14.9. The number of ether oxygens (including phenoxy) is 2. The lowest BCUT2D eigenvalue weighted by Gasteiger charge is -2.42. The van der Waals surface area contributed by atoms with E-state index in [2.05, 4.69) is 0 Å². The van der Waals surface area contributed by atoms with Gasteiger partial charge in [-0.15, -0.1) is 0 Å². The van der Waals surface area contributed by atoms with E-state index in [4.69, 9.17) is 9.47 Å². The van der Waals surface area contributed by atoms with Crippen molar-refractivity contribution in [1.82, 2.24) is 9.21 Å². The molecule has 4 rings (SSSR count). The minimum Gasteiger partial charge on any atom is -0.493 e. The van der Waals surface area contributed by atoms with Gasteiger partial charge in [0.1, 0.15) is 11.6 Å². The summed E-state index contributed by atoms with van der Waals surface area (Å²) in [4.78, 5) is 14.9. The van der Waals surface area contributed by atoms with Crippen LogP contribution in [0.3, 0.4) is 0 Å². The molecule has 2 saturated heterocycles. The Morgan fingerprint density at radius 3 is 2.26 bits per heavy atom. The Bertz CT molecular complexity index is 1050. The summed E-state index contributed by atoms with van der Waals surface area (Å²) in [6.45, 7) is 3.10. The number of hydrogen-bond acceptors (Lipinski definition) is 5. The predicted octanol–water partition coefficient (Wildman–Crippen LogP) is 3.07. The fourth-order valence-corrected chi connectivity index (χ4v) is 6.03. The fourth-order valence-electron chi connectivity index (χ4n) is 4.50. The van der Waals surface area contributed by atoms with Gasteiger partial charge in [-0.05, 0) is 42.7 Å². The first-order valence-corrected chi connectivity index (χ1v) is 13.2. The Morgan fingerprint density at radius 2 is 1.62 bits per heavy atom. The van der Waals surface area contributed by atoms with Crippen molar-refractivity contribution in [3.63, 3.8) is 0 Å². The van der Waals surface area contributed by atoms with Gasteiger partial charge in [0, 0.05) is 38.0 Å². The second-order valence-electron chi connectivity index (χ2n) is 9.05. The second-order valence-corrected chi connectivity index (χ2v) is 11.0. The van der Waals surface area contributed by atoms with E-state index in [1.807, 2.05) is 35.2 Å². The van der Waals surface area contributed by atoms with E-state index in [0.717, 1.165) is 5.56 Å². The van der Waals surface area contributed by atoms with Gasteiger partial charge in [0.25, 0.3) is 0 Å². The van der Waals surface area contributed by atoms with Crippen LogP contribution in [-0.2, 0) is 25.3 Å². The number of sulfonamides is 1. The summed E-state index contributed by atoms with van der Waals surface area (Å²) in [5, 5.41) is 0. The van der Waals surface area contributed by atoms with Crippen LogP contribution in [0.1, 0.15) is 24.8 Å². The number of halogens is 1. The van der Waals surface area contributed by atoms with Gasteiger partial charge >= 0.3 is 0 Å². The average Bonchev–Trinajstić information content (AvgIpc) is 2.85. The maximum absolute atomic E-state index is 13.3. The Hall–Kier alpha value is -2.49. The summed E-state index contributed by atoms with van der Waals surface area (Å²) in [7, 11) is -3.47. The van der Waals surface area contributed by atoms with Crippen LogP contribution in [0, 0.1) is 11.2 Å². The van der Waals surface area contributed by atoms with Crippen LogP contribution in [-0.4, -0.2) is 69.5 Å². The molecule has 2 aromatic carbocycles. The zero-order chi connectivity index (χ0) is 24.0. The molecule has 0 unspecified atom stereocenters. The maximum atomic E-state index is 13.3. The highest BCUT2D eigenvalue weighted by molar-refractivity contribution is 7.88. The number of nitrogens with zero attached hydrogens (tertiary/aromatic N) is 2. The molecule has 1 amide bonds. The van der Waals surface area contributed by atoms with Gasteiger partial charge in [0.05, 0.1) is 25.6 Å². The minimum absolute atomic E-state index is 0.0339. The number of carbonyl (C=O) groups excluding carboxylic acids is 1. The third-order valence-corrected chi connectivity index (χ3v) is 8.47. The number of hydrogen-bond donors (Lipinski definition) is 0. The topological polar surface area (TPSA) is 76.2 Å². The van der Waals surface area contributed by atoms with E-state index >= 15 is 0 Å². The Morgan fingerprint density at radius 1 is 0.971 bits per heavy atom. The highest BCUT2D eigenvalue weighted by atomic mass is 32.2. The lowest BCUT2D eigenvalue weighted by molar-refractivity contribution is -0.139. The number of piperidine rings is 1. The molecule has 9 heteroatoms. The van der Waals surface area contributed by atoms with Gasteiger partial charge < -0.3 is 14.4 Å². The van der Waals surface area contributed by atoms with Gasteiger partial charge in [-0.2, -0.15) is 0 Å². The van der Waals surface area contributed by atoms with Crippen LogP contribution in [0.5, 0.6) is 5.75 Å². The molecule has 0 spiro atoms. The van der Waals surface area contributed by atoms with Crippen molar-refractivity contribution in [1.29, 1.82) is 0 Å². The normalized spacial score (nSPS) is 19.0. The van der Waals surface area contributed by atoms with Crippen LogP contribution in [0.15, 0.2) is 54.6 Å². The first-order chi connectivity index (χ1) is 16.4. The largest absolute Gasteiger partial charge is 0.493 e. The Labute approximate surface area is 200 Å². The van der Waals surface area contributed by atoms with Crippen LogP contribution in [0.25, 0.3) is 0 Å². The van der Waals surface area contributed by atoms with Crippen molar-refractivity contribution < 1.29 is 27.1 Å². The molecule has 0 aliphatic carbocycles. The maximum Gasteiger partial charge on any atom is 0.223 e. The molecule has 2 aliphatic rings. The van der Waals surface area contributed by atoms with Crippen molar-refractivity contribution >= 4 is 15.9 Å². The molecule has 7 nitrogen and oxygen atoms in total. The third-order valence-electron chi connectivity index (χ3n) is 6.62. The number of carbonyl (C=O) groups is 1. The van der Waals surface area contributed by atoms with Crippen molar-refractivity contribution in [3.8, 4) is 5.75 Å². The molecule has 2 aromatic rings. The molecule has 2 heterocycles. The van der Waals surface area contributed by atoms with Gasteiger partial charge in [-0.25, -0.2) is 17.1 Å². The average molecular weight is 491 g/mol. The quantitative estimate of drug-likeness (QED) is 0.569. The molecule has 0 radical (unpaired) electrons. The van der Waals surface area contributed by atoms with E-state index in [0.29, 0.717) is 58.0 Å². The predicted molar refractivity (Wildman–Crippen MR) is 126 cm³/mol. The summed E-state index contributed by atoms with van der Waals surface area (Å²) in [5.41, 5.74) is 0.254. The number of amides is 1. The zero-order valence-corrected chi connectivity index (χ0v) is 20.0. The first-order valence-electron chi connectivity index (χ1n) is 11.6. The summed E-state index contributed by atoms with van der Waals surface area (Å²) < 4.78 is 52.2. The van der Waals surface area contributed by atoms with Crippen molar-refractivity contribution in [2.75, 3.05) is 46.0 Å². The SMILES string of the molecule is O=C(CC1(COc2ccc(F)cc2)CCN(S(=O)(=O)Cc2ccccc2)CC1)N1CCOCC1. The van der Waals surface area contributed by atoms with Crippen LogP contribution in [0.4, 0.5) is 4.39 Å². The van der Waals surface area contributed by atoms with Crippen molar-refractivity contribution in [2.24, 2.45) is 5.41 Å². The molecule has 184 valence electrons. The molecule has 0 bridgehead atoms. The fraction of sp³-hybridized carbons (Fsp3) is 0.480. The highest BCUT2D eigenvalue weighted by Crippen LogP contribution is 2.38. The van der Waals surface area contributed by atoms with Gasteiger partial charge in [-0.1, -0.05) is 30.3 Å². The Kier molecular flexibility index (Phi) is 7.85. The standard InChI is InChI=1S/C25H31FN2O5S/c26-22-6-8-23(9-7-22)33-20-25(18-24(29)27-14-16-32-17-15-27)10-12-28(13-11-25)34(30,31)19-21-4-2-1-3-5-21/h1-9H,10-20H2. The molecule has 0 aromatic heterocycles. The molecule has 0 saturated carbocycles. The molecule has 34 heavy (non-hydrogen) atoms.